The maximum absolute atomic E-state index is 12.7. The molecule has 1 fully saturated rings. The molecule has 1 N–H and O–H groups in total. The smallest absolute Gasteiger partial charge is 0.241 e. The Bertz CT molecular complexity index is 913. The van der Waals surface area contributed by atoms with Crippen LogP contribution in [0.5, 0.6) is 0 Å². The number of nitrogens with zero attached hydrogens (tertiary/aromatic N) is 4. The highest BCUT2D eigenvalue weighted by Crippen LogP contribution is 2.52. The third kappa shape index (κ3) is 4.22. The Hall–Kier alpha value is -3.00. The maximum atomic E-state index is 12.7. The lowest BCUT2D eigenvalue weighted by Crippen LogP contribution is -2.27. The van der Waals surface area contributed by atoms with Crippen LogP contribution in [0.25, 0.3) is 5.57 Å². The molecule has 0 atom stereocenters. The zero-order chi connectivity index (χ0) is 19.3. The molecule has 27 heavy (non-hydrogen) atoms. The standard InChI is InChI=1S/C19H19N5O2S/c1-3-20-12-9-14(2)16-22-23-18(24(16)13-25)27-19(10-11-19)17(26)21-15-7-5-4-6-8-15/h3-9,12-13H,1,10-11H2,2H3,(H,21,26)/b14-9+,20-12-. The average molecular weight is 381 g/mol. The second-order valence-electron chi connectivity index (χ2n) is 6.03. The zero-order valence-electron chi connectivity index (χ0n) is 14.8. The van der Waals surface area contributed by atoms with Crippen LogP contribution in [0.3, 0.4) is 0 Å². The van der Waals surface area contributed by atoms with E-state index >= 15 is 0 Å². The highest BCUT2D eigenvalue weighted by atomic mass is 32.2. The maximum Gasteiger partial charge on any atom is 0.241 e. The fourth-order valence-electron chi connectivity index (χ4n) is 2.43. The number of allylic oxidation sites excluding steroid dienone is 2. The van der Waals surface area contributed by atoms with E-state index in [0.717, 1.165) is 24.1 Å². The van der Waals surface area contributed by atoms with E-state index in [2.05, 4.69) is 27.1 Å². The Morgan fingerprint density at radius 3 is 2.70 bits per heavy atom. The SMILES string of the molecule is C=C/N=C\C=C(/C)c1nnc(SC2(C(=O)Nc3ccccc3)CC2)n1C=O. The molecular formula is C19H19N5O2S. The van der Waals surface area contributed by atoms with Gasteiger partial charge < -0.3 is 5.32 Å². The molecule has 0 saturated heterocycles. The van der Waals surface area contributed by atoms with Crippen molar-refractivity contribution in [1.29, 1.82) is 0 Å². The van der Waals surface area contributed by atoms with Gasteiger partial charge in [0, 0.05) is 18.1 Å². The Morgan fingerprint density at radius 1 is 1.33 bits per heavy atom. The molecule has 8 heteroatoms. The molecule has 1 aromatic carbocycles. The van der Waals surface area contributed by atoms with Crippen LogP contribution in [0.1, 0.15) is 25.6 Å². The number of hydrogen-bond donors (Lipinski definition) is 1. The summed E-state index contributed by atoms with van der Waals surface area (Å²) in [7, 11) is 0. The van der Waals surface area contributed by atoms with Gasteiger partial charge in [0.25, 0.3) is 0 Å². The van der Waals surface area contributed by atoms with Gasteiger partial charge in [0.15, 0.2) is 11.0 Å². The first-order valence-corrected chi connectivity index (χ1v) is 9.18. The Labute approximate surface area is 161 Å². The number of aromatic nitrogens is 3. The number of benzene rings is 1. The number of anilines is 1. The van der Waals surface area contributed by atoms with Gasteiger partial charge in [-0.2, -0.15) is 0 Å². The molecule has 1 heterocycles. The topological polar surface area (TPSA) is 89.2 Å². The van der Waals surface area contributed by atoms with Crippen molar-refractivity contribution in [1.82, 2.24) is 14.8 Å². The fourth-order valence-corrected chi connectivity index (χ4v) is 3.54. The lowest BCUT2D eigenvalue weighted by atomic mass is 10.3. The molecule has 0 bridgehead atoms. The normalized spacial score (nSPS) is 15.5. The number of aliphatic imine (C=N–C) groups is 1. The lowest BCUT2D eigenvalue weighted by molar-refractivity contribution is -0.116. The van der Waals surface area contributed by atoms with Gasteiger partial charge in [0.1, 0.15) is 4.75 Å². The minimum absolute atomic E-state index is 0.0916. The van der Waals surface area contributed by atoms with E-state index in [9.17, 15) is 9.59 Å². The molecule has 0 spiro atoms. The van der Waals surface area contributed by atoms with Crippen LogP contribution in [0.2, 0.25) is 0 Å². The van der Waals surface area contributed by atoms with Crippen molar-refractivity contribution in [2.75, 3.05) is 5.32 Å². The Morgan fingerprint density at radius 2 is 2.07 bits per heavy atom. The first-order valence-electron chi connectivity index (χ1n) is 8.37. The van der Waals surface area contributed by atoms with Crippen LogP contribution < -0.4 is 5.32 Å². The first kappa shape index (κ1) is 18.8. The summed E-state index contributed by atoms with van der Waals surface area (Å²) in [5.41, 5.74) is 1.47. The highest BCUT2D eigenvalue weighted by molar-refractivity contribution is 8.01. The predicted octanol–water partition coefficient (Wildman–Crippen LogP) is 3.20. The molecule has 3 rings (SSSR count). The molecule has 1 aromatic heterocycles. The summed E-state index contributed by atoms with van der Waals surface area (Å²) in [4.78, 5) is 28.2. The van der Waals surface area contributed by atoms with E-state index in [0.29, 0.717) is 17.4 Å². The number of carbonyl (C=O) groups excluding carboxylic acids is 2. The highest BCUT2D eigenvalue weighted by Gasteiger charge is 2.52. The average Bonchev–Trinajstić information content (AvgIpc) is 3.35. The molecular weight excluding hydrogens is 362 g/mol. The predicted molar refractivity (Wildman–Crippen MR) is 107 cm³/mol. The molecule has 1 saturated carbocycles. The van der Waals surface area contributed by atoms with Crippen LogP contribution in [-0.2, 0) is 9.59 Å². The monoisotopic (exact) mass is 381 g/mol. The number of para-hydroxylation sites is 1. The van der Waals surface area contributed by atoms with E-state index in [1.54, 1.807) is 12.3 Å². The van der Waals surface area contributed by atoms with Crippen molar-refractivity contribution in [3.8, 4) is 0 Å². The van der Waals surface area contributed by atoms with Gasteiger partial charge in [-0.15, -0.1) is 10.2 Å². The number of rotatable bonds is 8. The minimum atomic E-state index is -0.622. The van der Waals surface area contributed by atoms with Crippen molar-refractivity contribution in [3.63, 3.8) is 0 Å². The number of hydrogen-bond acceptors (Lipinski definition) is 6. The summed E-state index contributed by atoms with van der Waals surface area (Å²) in [6.07, 6.45) is 6.79. The van der Waals surface area contributed by atoms with Gasteiger partial charge in [-0.25, -0.2) is 4.57 Å². The third-order valence-corrected chi connectivity index (χ3v) is 5.52. The van der Waals surface area contributed by atoms with Gasteiger partial charge in [0.05, 0.1) is 0 Å². The quantitative estimate of drug-likeness (QED) is 0.560. The Balaban J connectivity index is 1.78. The molecule has 1 aliphatic carbocycles. The van der Waals surface area contributed by atoms with Crippen LogP contribution in [0.4, 0.5) is 5.69 Å². The van der Waals surface area contributed by atoms with E-state index < -0.39 is 4.75 Å². The van der Waals surface area contributed by atoms with Gasteiger partial charge in [0.2, 0.25) is 12.3 Å². The van der Waals surface area contributed by atoms with E-state index in [-0.39, 0.29) is 5.91 Å². The van der Waals surface area contributed by atoms with Gasteiger partial charge in [-0.3, -0.25) is 14.6 Å². The second-order valence-corrected chi connectivity index (χ2v) is 7.38. The van der Waals surface area contributed by atoms with Crippen molar-refractivity contribution >= 4 is 41.6 Å². The largest absolute Gasteiger partial charge is 0.325 e. The van der Waals surface area contributed by atoms with Crippen molar-refractivity contribution in [3.05, 3.63) is 55.0 Å². The summed E-state index contributed by atoms with van der Waals surface area (Å²) in [6, 6.07) is 9.29. The second kappa shape index (κ2) is 8.13. The number of thioether (sulfide) groups is 1. The van der Waals surface area contributed by atoms with E-state index in [1.807, 2.05) is 37.3 Å². The first-order chi connectivity index (χ1) is 13.1. The molecule has 138 valence electrons. The summed E-state index contributed by atoms with van der Waals surface area (Å²) >= 11 is 1.27. The van der Waals surface area contributed by atoms with Crippen LogP contribution in [0, 0.1) is 0 Å². The number of nitrogens with one attached hydrogen (secondary N) is 1. The van der Waals surface area contributed by atoms with E-state index in [1.165, 1.54) is 22.5 Å². The third-order valence-electron chi connectivity index (χ3n) is 4.07. The van der Waals surface area contributed by atoms with Crippen LogP contribution in [0.15, 0.2) is 59.3 Å². The molecule has 2 aromatic rings. The molecule has 0 aliphatic heterocycles. The summed E-state index contributed by atoms with van der Waals surface area (Å²) in [5.74, 6) is 0.327. The van der Waals surface area contributed by atoms with Crippen LogP contribution in [-0.4, -0.2) is 38.0 Å². The lowest BCUT2D eigenvalue weighted by Gasteiger charge is -2.14. The van der Waals surface area contributed by atoms with E-state index in [4.69, 9.17) is 0 Å². The fraction of sp³-hybridized carbons (Fsp3) is 0.211. The molecule has 1 amide bonds. The van der Waals surface area contributed by atoms with Gasteiger partial charge >= 0.3 is 0 Å². The number of carbonyl (C=O) groups is 2. The molecule has 0 unspecified atom stereocenters. The van der Waals surface area contributed by atoms with Crippen LogP contribution >= 0.6 is 11.8 Å². The van der Waals surface area contributed by atoms with Crippen molar-refractivity contribution in [2.24, 2.45) is 4.99 Å². The zero-order valence-corrected chi connectivity index (χ0v) is 15.6. The Kier molecular flexibility index (Phi) is 5.66. The van der Waals surface area contributed by atoms with Gasteiger partial charge in [-0.05, 0) is 43.5 Å². The number of amides is 1. The molecule has 1 aliphatic rings. The summed E-state index contributed by atoms with van der Waals surface area (Å²) in [6.45, 7) is 5.31. The summed E-state index contributed by atoms with van der Waals surface area (Å²) in [5, 5.41) is 11.5. The van der Waals surface area contributed by atoms with Crippen molar-refractivity contribution < 1.29 is 9.59 Å². The van der Waals surface area contributed by atoms with Crippen molar-refractivity contribution in [2.45, 2.75) is 29.7 Å². The van der Waals surface area contributed by atoms with Gasteiger partial charge in [-0.1, -0.05) is 36.5 Å². The molecule has 0 radical (unpaired) electrons. The molecule has 7 nitrogen and oxygen atoms in total. The minimum Gasteiger partial charge on any atom is -0.325 e. The summed E-state index contributed by atoms with van der Waals surface area (Å²) < 4.78 is 0.733.